The quantitative estimate of drug-likeness (QED) is 0.142. The normalized spacial score (nSPS) is 14.8. The number of halogens is 2. The summed E-state index contributed by atoms with van der Waals surface area (Å²) in [5.74, 6) is 1.96. The first kappa shape index (κ1) is 30.0. The third kappa shape index (κ3) is 6.76. The highest BCUT2D eigenvalue weighted by Crippen LogP contribution is 2.32. The van der Waals surface area contributed by atoms with Crippen LogP contribution in [0.1, 0.15) is 28.8 Å². The number of para-hydroxylation sites is 2. The lowest BCUT2D eigenvalue weighted by atomic mass is 10.1. The molecule has 0 saturated carbocycles. The number of ketones is 1. The Morgan fingerprint density at radius 3 is 1.95 bits per heavy atom. The number of Topliss-reactive ketones (excluding diaryl/α,β-unsaturated/α-hetero) is 1. The number of rotatable bonds is 2. The standard InChI is InChI=1S/C13H10O2S.C12H8O2S.C8H6Cl2O/c1-8-6-7-11-13(16-8)12(14)9-4-2-3-5-10(9)15-11;13-11-8-4-1-2-5-9(8)14-10-6-3-7-15-12(10)11;9-8(10)7(11)6-4-2-1-3-5-6/h2-8H,1H3;1-6H,7H2;1-5,8H. The van der Waals surface area contributed by atoms with E-state index >= 15 is 0 Å². The van der Waals surface area contributed by atoms with Crippen molar-refractivity contribution < 1.29 is 13.6 Å². The summed E-state index contributed by atoms with van der Waals surface area (Å²) in [7, 11) is 0. The van der Waals surface area contributed by atoms with Gasteiger partial charge in [-0.1, -0.05) is 90.0 Å². The zero-order chi connectivity index (χ0) is 29.6. The van der Waals surface area contributed by atoms with Gasteiger partial charge < -0.3 is 8.83 Å². The van der Waals surface area contributed by atoms with Gasteiger partial charge in [0.05, 0.1) is 20.6 Å². The predicted octanol–water partition coefficient (Wildman–Crippen LogP) is 8.89. The summed E-state index contributed by atoms with van der Waals surface area (Å²) in [5.41, 5.74) is 2.03. The van der Waals surface area contributed by atoms with Crippen molar-refractivity contribution in [1.29, 1.82) is 0 Å². The predicted molar refractivity (Wildman–Crippen MR) is 175 cm³/mol. The zero-order valence-electron chi connectivity index (χ0n) is 22.3. The number of benzene rings is 3. The molecule has 2 aromatic heterocycles. The molecular weight excluding hydrogens is 611 g/mol. The first-order valence-electron chi connectivity index (χ1n) is 13.0. The SMILES string of the molecule is CC1C=Cc2oc3ccccc3c(=O)c2S1.O=C(c1ccccc1)C(Cl)Cl.O=c1c2c(oc3ccccc13)C=CCS2. The molecule has 0 aliphatic carbocycles. The lowest BCUT2D eigenvalue weighted by Gasteiger charge is -2.13. The van der Waals surface area contributed by atoms with Crippen molar-refractivity contribution in [3.8, 4) is 0 Å². The Bertz CT molecular complexity index is 1930. The first-order chi connectivity index (χ1) is 20.3. The summed E-state index contributed by atoms with van der Waals surface area (Å²) >= 11 is 13.9. The van der Waals surface area contributed by atoms with Gasteiger partial charge in [-0.2, -0.15) is 0 Å². The average molecular weight is 636 g/mol. The minimum absolute atomic E-state index is 0.0815. The molecule has 0 radical (unpaired) electrons. The molecule has 7 rings (SSSR count). The number of hydrogen-bond donors (Lipinski definition) is 0. The maximum Gasteiger partial charge on any atom is 0.206 e. The van der Waals surface area contributed by atoms with Crippen LogP contribution in [0.5, 0.6) is 0 Å². The molecule has 9 heteroatoms. The van der Waals surface area contributed by atoms with Gasteiger partial charge in [0.2, 0.25) is 10.9 Å². The Hall–Kier alpha value is -3.49. The Labute approximate surface area is 260 Å². The van der Waals surface area contributed by atoms with Gasteiger partial charge in [0.1, 0.15) is 22.7 Å². The molecule has 3 aromatic carbocycles. The van der Waals surface area contributed by atoms with Crippen LogP contribution in [0, 0.1) is 0 Å². The van der Waals surface area contributed by atoms with Crippen LogP contribution in [0.3, 0.4) is 0 Å². The van der Waals surface area contributed by atoms with Crippen molar-refractivity contribution in [3.63, 3.8) is 0 Å². The van der Waals surface area contributed by atoms with Crippen LogP contribution in [0.25, 0.3) is 34.1 Å². The molecule has 0 spiro atoms. The molecule has 2 aliphatic heterocycles. The van der Waals surface area contributed by atoms with E-state index in [1.54, 1.807) is 42.1 Å². The third-order valence-electron chi connectivity index (χ3n) is 6.24. The average Bonchev–Trinajstić information content (AvgIpc) is 3.02. The molecule has 5 aromatic rings. The molecule has 2 aliphatic rings. The van der Waals surface area contributed by atoms with Gasteiger partial charge in [0, 0.05) is 16.6 Å². The Morgan fingerprint density at radius 2 is 1.33 bits per heavy atom. The van der Waals surface area contributed by atoms with E-state index in [0.29, 0.717) is 44.3 Å². The molecule has 0 amide bonds. The molecule has 1 atom stereocenters. The number of hydrogen-bond acceptors (Lipinski definition) is 7. The number of thioether (sulfide) groups is 2. The maximum absolute atomic E-state index is 12.2. The smallest absolute Gasteiger partial charge is 0.206 e. The lowest BCUT2D eigenvalue weighted by Crippen LogP contribution is -2.10. The van der Waals surface area contributed by atoms with Crippen LogP contribution in [0.2, 0.25) is 0 Å². The van der Waals surface area contributed by atoms with Crippen molar-refractivity contribution in [2.45, 2.75) is 26.8 Å². The summed E-state index contributed by atoms with van der Waals surface area (Å²) in [5, 5.41) is 1.66. The van der Waals surface area contributed by atoms with Gasteiger partial charge in [-0.15, -0.1) is 23.5 Å². The van der Waals surface area contributed by atoms with Crippen molar-refractivity contribution in [1.82, 2.24) is 0 Å². The van der Waals surface area contributed by atoms with Crippen LogP contribution in [-0.4, -0.2) is 21.6 Å². The minimum Gasteiger partial charge on any atom is -0.455 e. The van der Waals surface area contributed by atoms with Crippen LogP contribution in [0.15, 0.2) is 119 Å². The van der Waals surface area contributed by atoms with Crippen LogP contribution in [-0.2, 0) is 0 Å². The highest BCUT2D eigenvalue weighted by atomic mass is 35.5. The molecule has 0 fully saturated rings. The van der Waals surface area contributed by atoms with Crippen LogP contribution >= 0.6 is 46.7 Å². The highest BCUT2D eigenvalue weighted by Gasteiger charge is 2.18. The lowest BCUT2D eigenvalue weighted by molar-refractivity contribution is 0.101. The second-order valence-electron chi connectivity index (χ2n) is 9.17. The summed E-state index contributed by atoms with van der Waals surface area (Å²) < 4.78 is 11.4. The molecular formula is C33H24Cl2O5S2. The molecule has 4 heterocycles. The first-order valence-corrected chi connectivity index (χ1v) is 15.7. The molecule has 0 N–H and O–H groups in total. The Kier molecular flexibility index (Phi) is 9.75. The van der Waals surface area contributed by atoms with Crippen LogP contribution < -0.4 is 10.9 Å². The topological polar surface area (TPSA) is 77.5 Å². The zero-order valence-corrected chi connectivity index (χ0v) is 25.4. The number of carbonyl (C=O) groups is 1. The molecule has 5 nitrogen and oxygen atoms in total. The fraction of sp³-hybridized carbons (Fsp3) is 0.121. The van der Waals surface area contributed by atoms with E-state index < -0.39 is 4.84 Å². The van der Waals surface area contributed by atoms with E-state index in [1.165, 1.54) is 11.8 Å². The van der Waals surface area contributed by atoms with Gasteiger partial charge in [0.15, 0.2) is 10.6 Å². The molecule has 42 heavy (non-hydrogen) atoms. The summed E-state index contributed by atoms with van der Waals surface area (Å²) in [4.78, 5) is 35.8. The fourth-order valence-electron chi connectivity index (χ4n) is 4.22. The van der Waals surface area contributed by atoms with E-state index in [4.69, 9.17) is 32.0 Å². The van der Waals surface area contributed by atoms with Crippen molar-refractivity contribution >= 4 is 86.6 Å². The van der Waals surface area contributed by atoms with Gasteiger partial charge in [-0.25, -0.2) is 0 Å². The number of fused-ring (bicyclic) bond motifs is 4. The monoisotopic (exact) mass is 634 g/mol. The van der Waals surface area contributed by atoms with Gasteiger partial charge in [-0.3, -0.25) is 14.4 Å². The van der Waals surface area contributed by atoms with Crippen LogP contribution in [0.4, 0.5) is 0 Å². The van der Waals surface area contributed by atoms with Crippen molar-refractivity contribution in [2.75, 3.05) is 5.75 Å². The third-order valence-corrected chi connectivity index (χ3v) is 8.82. The van der Waals surface area contributed by atoms with Crippen molar-refractivity contribution in [3.05, 3.63) is 129 Å². The Balaban J connectivity index is 0.000000129. The van der Waals surface area contributed by atoms with Gasteiger partial charge in [0.25, 0.3) is 0 Å². The van der Waals surface area contributed by atoms with Gasteiger partial charge >= 0.3 is 0 Å². The largest absolute Gasteiger partial charge is 0.455 e. The summed E-state index contributed by atoms with van der Waals surface area (Å²) in [6.07, 6.45) is 7.82. The van der Waals surface area contributed by atoms with Crippen molar-refractivity contribution in [2.24, 2.45) is 0 Å². The minimum atomic E-state index is -0.961. The second-order valence-corrected chi connectivity index (χ2v) is 12.7. The molecule has 0 saturated heterocycles. The summed E-state index contributed by atoms with van der Waals surface area (Å²) in [6, 6.07) is 23.5. The van der Waals surface area contributed by atoms with E-state index in [2.05, 4.69) is 6.92 Å². The van der Waals surface area contributed by atoms with E-state index in [0.717, 1.165) is 15.5 Å². The molecule has 1 unspecified atom stereocenters. The van der Waals surface area contributed by atoms with E-state index in [1.807, 2.05) is 72.8 Å². The van der Waals surface area contributed by atoms with Gasteiger partial charge in [-0.05, 0) is 43.3 Å². The van der Waals surface area contributed by atoms with E-state index in [9.17, 15) is 14.4 Å². The number of carbonyl (C=O) groups excluding carboxylic acids is 1. The summed E-state index contributed by atoms with van der Waals surface area (Å²) in [6.45, 7) is 2.07. The number of alkyl halides is 2. The molecule has 212 valence electrons. The highest BCUT2D eigenvalue weighted by molar-refractivity contribution is 8.00. The van der Waals surface area contributed by atoms with E-state index in [-0.39, 0.29) is 16.6 Å². The Morgan fingerprint density at radius 1 is 0.786 bits per heavy atom. The molecule has 0 bridgehead atoms. The fourth-order valence-corrected chi connectivity index (χ4v) is 6.29. The second kappa shape index (κ2) is 13.7. The maximum atomic E-state index is 12.2.